The number of fused-ring (bicyclic) bond motifs is 1. The standard InChI is InChI=1S/C17H16FN3/c18-15-8-2-1-5-12(15)11-17(21-19)14-6-3-9-16-13(14)7-4-10-20-16/h1-10,17,21H,11,19H2. The highest BCUT2D eigenvalue weighted by molar-refractivity contribution is 5.82. The zero-order valence-electron chi connectivity index (χ0n) is 11.5. The van der Waals surface area contributed by atoms with Crippen molar-refractivity contribution in [2.24, 2.45) is 5.84 Å². The van der Waals surface area contributed by atoms with E-state index in [1.54, 1.807) is 18.3 Å². The highest BCUT2D eigenvalue weighted by Gasteiger charge is 2.15. The van der Waals surface area contributed by atoms with Crippen LogP contribution in [0.5, 0.6) is 0 Å². The van der Waals surface area contributed by atoms with Crippen molar-refractivity contribution in [3.63, 3.8) is 0 Å². The van der Waals surface area contributed by atoms with E-state index >= 15 is 0 Å². The summed E-state index contributed by atoms with van der Waals surface area (Å²) in [5, 5.41) is 1.03. The molecular formula is C17H16FN3. The molecule has 1 aromatic heterocycles. The van der Waals surface area contributed by atoms with Crippen molar-refractivity contribution < 1.29 is 4.39 Å². The molecule has 0 aliphatic rings. The predicted octanol–water partition coefficient (Wildman–Crippen LogP) is 3.12. The number of hydrazine groups is 1. The van der Waals surface area contributed by atoms with Crippen LogP contribution in [0.25, 0.3) is 10.9 Å². The van der Waals surface area contributed by atoms with E-state index in [2.05, 4.69) is 10.4 Å². The first-order chi connectivity index (χ1) is 10.3. The van der Waals surface area contributed by atoms with Gasteiger partial charge in [-0.05, 0) is 35.7 Å². The third kappa shape index (κ3) is 2.77. The van der Waals surface area contributed by atoms with Gasteiger partial charge in [-0.3, -0.25) is 16.3 Å². The Morgan fingerprint density at radius 2 is 1.90 bits per heavy atom. The molecule has 3 N–H and O–H groups in total. The van der Waals surface area contributed by atoms with Gasteiger partial charge in [0.1, 0.15) is 5.82 Å². The average molecular weight is 281 g/mol. The van der Waals surface area contributed by atoms with Crippen molar-refractivity contribution in [2.75, 3.05) is 0 Å². The molecule has 106 valence electrons. The van der Waals surface area contributed by atoms with Gasteiger partial charge in [-0.1, -0.05) is 36.4 Å². The molecule has 3 nitrogen and oxygen atoms in total. The Balaban J connectivity index is 2.01. The lowest BCUT2D eigenvalue weighted by atomic mass is 9.96. The molecule has 1 atom stereocenters. The molecule has 4 heteroatoms. The summed E-state index contributed by atoms with van der Waals surface area (Å²) in [5.74, 6) is 5.49. The second kappa shape index (κ2) is 5.99. The number of rotatable bonds is 4. The quantitative estimate of drug-likeness (QED) is 0.570. The van der Waals surface area contributed by atoms with Crippen LogP contribution in [-0.4, -0.2) is 4.98 Å². The second-order valence-corrected chi connectivity index (χ2v) is 4.93. The molecule has 0 aliphatic heterocycles. The van der Waals surface area contributed by atoms with Gasteiger partial charge in [0.05, 0.1) is 11.6 Å². The smallest absolute Gasteiger partial charge is 0.126 e. The zero-order valence-corrected chi connectivity index (χ0v) is 11.5. The van der Waals surface area contributed by atoms with Gasteiger partial charge < -0.3 is 0 Å². The monoisotopic (exact) mass is 281 g/mol. The molecule has 1 unspecified atom stereocenters. The minimum Gasteiger partial charge on any atom is -0.271 e. The number of nitrogens with zero attached hydrogens (tertiary/aromatic N) is 1. The molecule has 0 radical (unpaired) electrons. The predicted molar refractivity (Wildman–Crippen MR) is 81.9 cm³/mol. The van der Waals surface area contributed by atoms with Crippen LogP contribution in [0.4, 0.5) is 4.39 Å². The third-order valence-corrected chi connectivity index (χ3v) is 3.64. The first-order valence-electron chi connectivity index (χ1n) is 6.83. The summed E-state index contributed by atoms with van der Waals surface area (Å²) in [4.78, 5) is 4.34. The van der Waals surface area contributed by atoms with Crippen LogP contribution in [0.15, 0.2) is 60.8 Å². The zero-order chi connectivity index (χ0) is 14.7. The lowest BCUT2D eigenvalue weighted by Gasteiger charge is -2.18. The van der Waals surface area contributed by atoms with Crippen molar-refractivity contribution in [2.45, 2.75) is 12.5 Å². The highest BCUT2D eigenvalue weighted by atomic mass is 19.1. The Labute approximate surface area is 122 Å². The van der Waals surface area contributed by atoms with Crippen LogP contribution in [0.2, 0.25) is 0 Å². The van der Waals surface area contributed by atoms with E-state index in [9.17, 15) is 4.39 Å². The Morgan fingerprint density at radius 3 is 2.71 bits per heavy atom. The van der Waals surface area contributed by atoms with Crippen molar-refractivity contribution >= 4 is 10.9 Å². The van der Waals surface area contributed by atoms with E-state index < -0.39 is 0 Å². The molecule has 2 aromatic carbocycles. The fourth-order valence-electron chi connectivity index (χ4n) is 2.57. The maximum absolute atomic E-state index is 13.8. The average Bonchev–Trinajstić information content (AvgIpc) is 2.54. The van der Waals surface area contributed by atoms with Gasteiger partial charge in [0.25, 0.3) is 0 Å². The summed E-state index contributed by atoms with van der Waals surface area (Å²) >= 11 is 0. The molecule has 0 saturated carbocycles. The molecular weight excluding hydrogens is 265 g/mol. The number of aromatic nitrogens is 1. The topological polar surface area (TPSA) is 50.9 Å². The number of halogens is 1. The normalized spacial score (nSPS) is 12.5. The first kappa shape index (κ1) is 13.7. The number of benzene rings is 2. The molecule has 0 aliphatic carbocycles. The maximum atomic E-state index is 13.8. The maximum Gasteiger partial charge on any atom is 0.126 e. The van der Waals surface area contributed by atoms with Crippen LogP contribution >= 0.6 is 0 Å². The van der Waals surface area contributed by atoms with Gasteiger partial charge in [0.2, 0.25) is 0 Å². The minimum atomic E-state index is -0.212. The van der Waals surface area contributed by atoms with Gasteiger partial charge in [0, 0.05) is 11.6 Å². The van der Waals surface area contributed by atoms with Crippen molar-refractivity contribution in [3.05, 3.63) is 77.7 Å². The van der Waals surface area contributed by atoms with Crippen LogP contribution in [0.1, 0.15) is 17.2 Å². The van der Waals surface area contributed by atoms with Crippen LogP contribution in [-0.2, 0) is 6.42 Å². The number of pyridine rings is 1. The van der Waals surface area contributed by atoms with Crippen molar-refractivity contribution in [3.8, 4) is 0 Å². The molecule has 0 amide bonds. The summed E-state index contributed by atoms with van der Waals surface area (Å²) in [7, 11) is 0. The summed E-state index contributed by atoms with van der Waals surface area (Å²) in [6, 6.07) is 16.4. The lowest BCUT2D eigenvalue weighted by molar-refractivity contribution is 0.532. The molecule has 3 rings (SSSR count). The minimum absolute atomic E-state index is 0.171. The molecule has 0 spiro atoms. The van der Waals surface area contributed by atoms with Crippen molar-refractivity contribution in [1.82, 2.24) is 10.4 Å². The molecule has 0 fully saturated rings. The van der Waals surface area contributed by atoms with Crippen molar-refractivity contribution in [1.29, 1.82) is 0 Å². The van der Waals surface area contributed by atoms with Gasteiger partial charge in [-0.15, -0.1) is 0 Å². The second-order valence-electron chi connectivity index (χ2n) is 4.93. The Bertz CT molecular complexity index is 752. The Morgan fingerprint density at radius 1 is 1.05 bits per heavy atom. The molecule has 0 saturated heterocycles. The SMILES string of the molecule is NNC(Cc1ccccc1F)c1cccc2ncccc12. The molecule has 0 bridgehead atoms. The number of hydrogen-bond donors (Lipinski definition) is 2. The van der Waals surface area contributed by atoms with E-state index in [1.807, 2.05) is 36.4 Å². The van der Waals surface area contributed by atoms with Gasteiger partial charge >= 0.3 is 0 Å². The van der Waals surface area contributed by atoms with Gasteiger partial charge in [0.15, 0.2) is 0 Å². The van der Waals surface area contributed by atoms with E-state index in [-0.39, 0.29) is 11.9 Å². The molecule has 3 aromatic rings. The van der Waals surface area contributed by atoms with Crippen LogP contribution in [0, 0.1) is 5.82 Å². The fourth-order valence-corrected chi connectivity index (χ4v) is 2.57. The van der Waals surface area contributed by atoms with E-state index in [4.69, 9.17) is 5.84 Å². The van der Waals surface area contributed by atoms with E-state index in [0.29, 0.717) is 12.0 Å². The first-order valence-corrected chi connectivity index (χ1v) is 6.83. The molecule has 21 heavy (non-hydrogen) atoms. The van der Waals surface area contributed by atoms with Crippen LogP contribution < -0.4 is 11.3 Å². The molecule has 1 heterocycles. The fraction of sp³-hybridized carbons (Fsp3) is 0.118. The Kier molecular flexibility index (Phi) is 3.90. The van der Waals surface area contributed by atoms with Gasteiger partial charge in [-0.25, -0.2) is 4.39 Å². The summed E-state index contributed by atoms with van der Waals surface area (Å²) < 4.78 is 13.8. The highest BCUT2D eigenvalue weighted by Crippen LogP contribution is 2.26. The summed E-state index contributed by atoms with van der Waals surface area (Å²) in [6.45, 7) is 0. The third-order valence-electron chi connectivity index (χ3n) is 3.64. The van der Waals surface area contributed by atoms with Gasteiger partial charge in [-0.2, -0.15) is 0 Å². The van der Waals surface area contributed by atoms with Crippen LogP contribution in [0.3, 0.4) is 0 Å². The summed E-state index contributed by atoms with van der Waals surface area (Å²) in [5.41, 5.74) is 5.36. The summed E-state index contributed by atoms with van der Waals surface area (Å²) in [6.07, 6.45) is 2.24. The van der Waals surface area contributed by atoms with E-state index in [1.165, 1.54) is 6.07 Å². The van der Waals surface area contributed by atoms with E-state index in [0.717, 1.165) is 16.5 Å². The lowest BCUT2D eigenvalue weighted by Crippen LogP contribution is -2.30. The Hall–Kier alpha value is -2.30. The largest absolute Gasteiger partial charge is 0.271 e. The number of nitrogens with one attached hydrogen (secondary N) is 1. The number of hydrogen-bond acceptors (Lipinski definition) is 3. The number of nitrogens with two attached hydrogens (primary N) is 1.